The van der Waals surface area contributed by atoms with Gasteiger partial charge in [0.1, 0.15) is 5.82 Å². The highest BCUT2D eigenvalue weighted by atomic mass is 79.9. The minimum atomic E-state index is -0.549. The summed E-state index contributed by atoms with van der Waals surface area (Å²) in [6.07, 6.45) is 6.34. The molecule has 0 aliphatic rings. The normalized spacial score (nSPS) is 11.6. The van der Waals surface area contributed by atoms with Crippen molar-refractivity contribution in [2.45, 2.75) is 25.8 Å². The molecule has 1 N–H and O–H groups in total. The zero-order chi connectivity index (χ0) is 12.8. The van der Waals surface area contributed by atoms with Gasteiger partial charge in [0.05, 0.1) is 5.56 Å². The molecule has 0 saturated carbocycles. The molecule has 0 heterocycles. The number of hydrogen-bond acceptors (Lipinski definition) is 1. The van der Waals surface area contributed by atoms with Gasteiger partial charge in [-0.05, 0) is 34.5 Å². The Kier molecular flexibility index (Phi) is 5.17. The Hall–Kier alpha value is -1.34. The van der Waals surface area contributed by atoms with Gasteiger partial charge in [0.2, 0.25) is 0 Å². The van der Waals surface area contributed by atoms with E-state index in [1.165, 1.54) is 12.1 Å². The van der Waals surface area contributed by atoms with Crippen molar-refractivity contribution in [1.29, 1.82) is 0 Å². The maximum Gasteiger partial charge on any atom is 0.255 e. The highest BCUT2D eigenvalue weighted by Gasteiger charge is 2.17. The van der Waals surface area contributed by atoms with E-state index in [0.29, 0.717) is 17.3 Å². The molecule has 0 bridgehead atoms. The van der Waals surface area contributed by atoms with E-state index in [4.69, 9.17) is 6.42 Å². The molecule has 1 aromatic rings. The molecule has 0 spiro atoms. The van der Waals surface area contributed by atoms with E-state index in [1.54, 1.807) is 6.07 Å². The zero-order valence-corrected chi connectivity index (χ0v) is 11.1. The van der Waals surface area contributed by atoms with Crippen molar-refractivity contribution in [2.24, 2.45) is 0 Å². The maximum absolute atomic E-state index is 13.5. The van der Waals surface area contributed by atoms with Crippen LogP contribution in [0.25, 0.3) is 0 Å². The smallest absolute Gasteiger partial charge is 0.255 e. The molecule has 0 radical (unpaired) electrons. The molecule has 1 aromatic carbocycles. The van der Waals surface area contributed by atoms with E-state index in [1.807, 2.05) is 6.92 Å². The van der Waals surface area contributed by atoms with Crippen molar-refractivity contribution >= 4 is 21.8 Å². The lowest BCUT2D eigenvalue weighted by Crippen LogP contribution is -2.34. The Morgan fingerprint density at radius 1 is 1.65 bits per heavy atom. The van der Waals surface area contributed by atoms with Gasteiger partial charge in [-0.15, -0.1) is 12.3 Å². The molecule has 90 valence electrons. The maximum atomic E-state index is 13.5. The van der Waals surface area contributed by atoms with Crippen LogP contribution in [0.5, 0.6) is 0 Å². The molecule has 17 heavy (non-hydrogen) atoms. The fourth-order valence-corrected chi connectivity index (χ4v) is 1.93. The molecular formula is C13H13BrFNO. The Bertz CT molecular complexity index is 433. The first-order chi connectivity index (χ1) is 8.10. The summed E-state index contributed by atoms with van der Waals surface area (Å²) in [7, 11) is 0. The van der Waals surface area contributed by atoms with Gasteiger partial charge in [-0.1, -0.05) is 13.0 Å². The highest BCUT2D eigenvalue weighted by Crippen LogP contribution is 2.19. The molecule has 0 aromatic heterocycles. The first-order valence-electron chi connectivity index (χ1n) is 5.28. The van der Waals surface area contributed by atoms with E-state index in [2.05, 4.69) is 27.2 Å². The molecule has 0 fully saturated rings. The average molecular weight is 298 g/mol. The van der Waals surface area contributed by atoms with Gasteiger partial charge in [0.15, 0.2) is 0 Å². The number of carbonyl (C=O) groups excluding carboxylic acids is 1. The second kappa shape index (κ2) is 6.41. The molecule has 0 aliphatic carbocycles. The third-order valence-electron chi connectivity index (χ3n) is 2.38. The predicted octanol–water partition coefficient (Wildman–Crippen LogP) is 3.12. The molecule has 0 saturated heterocycles. The Morgan fingerprint density at radius 3 is 2.88 bits per heavy atom. The van der Waals surface area contributed by atoms with Crippen LogP contribution in [0.4, 0.5) is 4.39 Å². The monoisotopic (exact) mass is 297 g/mol. The van der Waals surface area contributed by atoms with Crippen LogP contribution in [0.15, 0.2) is 22.7 Å². The Labute approximate surface area is 109 Å². The summed E-state index contributed by atoms with van der Waals surface area (Å²) in [6, 6.07) is 4.29. The van der Waals surface area contributed by atoms with E-state index in [9.17, 15) is 9.18 Å². The van der Waals surface area contributed by atoms with Crippen molar-refractivity contribution in [2.75, 3.05) is 0 Å². The van der Waals surface area contributed by atoms with E-state index < -0.39 is 11.7 Å². The number of benzene rings is 1. The lowest BCUT2D eigenvalue weighted by atomic mass is 10.1. The summed E-state index contributed by atoms with van der Waals surface area (Å²) in [5.41, 5.74) is 0.0166. The van der Waals surface area contributed by atoms with Gasteiger partial charge in [-0.3, -0.25) is 4.79 Å². The zero-order valence-electron chi connectivity index (χ0n) is 9.47. The first-order valence-corrected chi connectivity index (χ1v) is 6.07. The van der Waals surface area contributed by atoms with E-state index in [-0.39, 0.29) is 11.6 Å². The van der Waals surface area contributed by atoms with Crippen LogP contribution in [0.1, 0.15) is 30.1 Å². The number of terminal acetylenes is 1. The second-order valence-electron chi connectivity index (χ2n) is 3.58. The summed E-state index contributed by atoms with van der Waals surface area (Å²) in [5, 5.41) is 2.71. The third-order valence-corrected chi connectivity index (χ3v) is 3.04. The van der Waals surface area contributed by atoms with Gasteiger partial charge >= 0.3 is 0 Å². The molecule has 2 nitrogen and oxygen atoms in total. The van der Waals surface area contributed by atoms with Crippen molar-refractivity contribution in [1.82, 2.24) is 5.32 Å². The number of amides is 1. The van der Waals surface area contributed by atoms with Gasteiger partial charge in [0.25, 0.3) is 5.91 Å². The molecule has 1 unspecified atom stereocenters. The Morgan fingerprint density at radius 2 is 2.35 bits per heavy atom. The number of nitrogens with one attached hydrogen (secondary N) is 1. The van der Waals surface area contributed by atoms with Crippen LogP contribution < -0.4 is 5.32 Å². The molecule has 1 atom stereocenters. The molecule has 0 aliphatic heterocycles. The van der Waals surface area contributed by atoms with Crippen molar-refractivity contribution < 1.29 is 9.18 Å². The van der Waals surface area contributed by atoms with Crippen molar-refractivity contribution in [3.63, 3.8) is 0 Å². The van der Waals surface area contributed by atoms with Gasteiger partial charge < -0.3 is 5.32 Å². The molecular weight excluding hydrogens is 285 g/mol. The standard InChI is InChI=1S/C13H13BrFNO/c1-3-6-9(4-2)16-13(17)12-10(14)7-5-8-11(12)15/h1,5,7-9H,4,6H2,2H3,(H,16,17). The number of halogens is 2. The number of hydrogen-bond donors (Lipinski definition) is 1. The minimum Gasteiger partial charge on any atom is -0.348 e. The predicted molar refractivity (Wildman–Crippen MR) is 69.1 cm³/mol. The molecule has 1 amide bonds. The summed E-state index contributed by atoms with van der Waals surface area (Å²) in [5.74, 6) is 1.49. The summed E-state index contributed by atoms with van der Waals surface area (Å²) < 4.78 is 13.9. The molecule has 1 rings (SSSR count). The van der Waals surface area contributed by atoms with Crippen LogP contribution in [0, 0.1) is 18.2 Å². The topological polar surface area (TPSA) is 29.1 Å². The van der Waals surface area contributed by atoms with Crippen LogP contribution in [0.3, 0.4) is 0 Å². The Balaban J connectivity index is 2.87. The largest absolute Gasteiger partial charge is 0.348 e. The number of rotatable bonds is 4. The fraction of sp³-hybridized carbons (Fsp3) is 0.308. The highest BCUT2D eigenvalue weighted by molar-refractivity contribution is 9.10. The summed E-state index contributed by atoms with van der Waals surface area (Å²) in [6.45, 7) is 1.92. The fourth-order valence-electron chi connectivity index (χ4n) is 1.41. The van der Waals surface area contributed by atoms with Crippen LogP contribution >= 0.6 is 15.9 Å². The van der Waals surface area contributed by atoms with Gasteiger partial charge in [-0.2, -0.15) is 0 Å². The summed E-state index contributed by atoms with van der Waals surface area (Å²) in [4.78, 5) is 11.9. The first kappa shape index (κ1) is 13.7. The SMILES string of the molecule is C#CCC(CC)NC(=O)c1c(F)cccc1Br. The lowest BCUT2D eigenvalue weighted by Gasteiger charge is -2.15. The lowest BCUT2D eigenvalue weighted by molar-refractivity contribution is 0.0932. The number of carbonyl (C=O) groups is 1. The van der Waals surface area contributed by atoms with Crippen LogP contribution in [0.2, 0.25) is 0 Å². The molecule has 4 heteroatoms. The average Bonchev–Trinajstić information content (AvgIpc) is 2.28. The van der Waals surface area contributed by atoms with Crippen LogP contribution in [-0.4, -0.2) is 11.9 Å². The second-order valence-corrected chi connectivity index (χ2v) is 4.44. The van der Waals surface area contributed by atoms with Crippen molar-refractivity contribution in [3.8, 4) is 12.3 Å². The van der Waals surface area contributed by atoms with Gasteiger partial charge in [0, 0.05) is 16.9 Å². The quantitative estimate of drug-likeness (QED) is 0.850. The minimum absolute atomic E-state index is 0.0166. The van der Waals surface area contributed by atoms with Crippen LogP contribution in [-0.2, 0) is 0 Å². The van der Waals surface area contributed by atoms with E-state index in [0.717, 1.165) is 0 Å². The van der Waals surface area contributed by atoms with Gasteiger partial charge in [-0.25, -0.2) is 4.39 Å². The third kappa shape index (κ3) is 3.57. The summed E-state index contributed by atoms with van der Waals surface area (Å²) >= 11 is 3.16. The van der Waals surface area contributed by atoms with E-state index >= 15 is 0 Å². The van der Waals surface area contributed by atoms with Crippen molar-refractivity contribution in [3.05, 3.63) is 34.1 Å².